The van der Waals surface area contributed by atoms with Crippen LogP contribution in [0, 0.1) is 11.8 Å². The lowest BCUT2D eigenvalue weighted by Crippen LogP contribution is -2.54. The average molecular weight is 466 g/mol. The Bertz CT molecular complexity index is 658. The predicted octanol–water partition coefficient (Wildman–Crippen LogP) is 3.47. The van der Waals surface area contributed by atoms with Crippen LogP contribution in [0.4, 0.5) is 0 Å². The van der Waals surface area contributed by atoms with Crippen LogP contribution in [-0.4, -0.2) is 54.1 Å². The van der Waals surface area contributed by atoms with Crippen LogP contribution in [0.25, 0.3) is 0 Å². The molecule has 1 saturated heterocycles. The van der Waals surface area contributed by atoms with Gasteiger partial charge >= 0.3 is 0 Å². The number of nitrogens with one attached hydrogen (secondary N) is 2. The number of hydrogen-bond donors (Lipinski definition) is 2. The van der Waals surface area contributed by atoms with Gasteiger partial charge in [-0.05, 0) is 64.7 Å². The van der Waals surface area contributed by atoms with Crippen LogP contribution in [0.1, 0.15) is 85.5 Å². The molecule has 33 heavy (non-hydrogen) atoms. The van der Waals surface area contributed by atoms with Crippen LogP contribution >= 0.6 is 0 Å². The largest absolute Gasteiger partial charge is 0.350 e. The van der Waals surface area contributed by atoms with E-state index in [9.17, 15) is 14.4 Å². The average Bonchev–Trinajstić information content (AvgIpc) is 2.78. The molecule has 8 nitrogen and oxygen atoms in total. The molecular formula is C25H43N3O5. The standard InChI is InChI=1S/C25H43N3O5/c1-18(2)23-25(31)28(19(3)4)15-11-8-6-5-7-9-13-20(24(30)26-23)17-21(29)27-33-22-14-10-12-16-32-22/h5-6,18-20,22-23H,7-17H2,1-4H3,(H,26,30)(H,27,29)/b6-5+/t20-,22?,23+/m1/s1. The van der Waals surface area contributed by atoms with Gasteiger partial charge in [0.05, 0.1) is 0 Å². The van der Waals surface area contributed by atoms with Crippen molar-refractivity contribution in [2.24, 2.45) is 11.8 Å². The Balaban J connectivity index is 2.08. The fourth-order valence-corrected chi connectivity index (χ4v) is 4.21. The summed E-state index contributed by atoms with van der Waals surface area (Å²) in [6.45, 7) is 9.15. The highest BCUT2D eigenvalue weighted by Gasteiger charge is 2.32. The number of carbonyl (C=O) groups excluding carboxylic acids is 3. The molecule has 0 aromatic carbocycles. The van der Waals surface area contributed by atoms with Gasteiger partial charge in [-0.1, -0.05) is 26.0 Å². The monoisotopic (exact) mass is 465 g/mol. The van der Waals surface area contributed by atoms with E-state index in [1.165, 1.54) is 0 Å². The lowest BCUT2D eigenvalue weighted by molar-refractivity contribution is -0.200. The summed E-state index contributed by atoms with van der Waals surface area (Å²) in [6, 6.07) is -0.566. The van der Waals surface area contributed by atoms with Gasteiger partial charge < -0.3 is 15.0 Å². The number of hydrogen-bond acceptors (Lipinski definition) is 5. The summed E-state index contributed by atoms with van der Waals surface area (Å²) in [5.74, 6) is -1.25. The molecular weight excluding hydrogens is 422 g/mol. The highest BCUT2D eigenvalue weighted by molar-refractivity contribution is 5.90. The molecule has 3 amide bonds. The quantitative estimate of drug-likeness (QED) is 0.462. The Morgan fingerprint density at radius 2 is 1.85 bits per heavy atom. The second kappa shape index (κ2) is 14.4. The van der Waals surface area contributed by atoms with Gasteiger partial charge in [0.25, 0.3) is 0 Å². The number of ether oxygens (including phenoxy) is 1. The minimum Gasteiger partial charge on any atom is -0.350 e. The summed E-state index contributed by atoms with van der Waals surface area (Å²) in [5.41, 5.74) is 2.46. The van der Waals surface area contributed by atoms with E-state index in [2.05, 4.69) is 22.9 Å². The maximum Gasteiger partial charge on any atom is 0.245 e. The van der Waals surface area contributed by atoms with Gasteiger partial charge in [0.2, 0.25) is 17.7 Å². The molecule has 188 valence electrons. The molecule has 0 spiro atoms. The fourth-order valence-electron chi connectivity index (χ4n) is 4.21. The zero-order valence-corrected chi connectivity index (χ0v) is 20.8. The van der Waals surface area contributed by atoms with Crippen molar-refractivity contribution >= 4 is 17.7 Å². The molecule has 0 aromatic rings. The molecule has 0 saturated carbocycles. The maximum absolute atomic E-state index is 13.3. The third-order valence-electron chi connectivity index (χ3n) is 6.24. The van der Waals surface area contributed by atoms with E-state index >= 15 is 0 Å². The third-order valence-corrected chi connectivity index (χ3v) is 6.24. The van der Waals surface area contributed by atoms with Crippen molar-refractivity contribution < 1.29 is 24.0 Å². The van der Waals surface area contributed by atoms with Crippen molar-refractivity contribution in [3.63, 3.8) is 0 Å². The zero-order chi connectivity index (χ0) is 24.2. The number of rotatable bonds is 6. The van der Waals surface area contributed by atoms with Crippen LogP contribution in [-0.2, 0) is 24.0 Å². The Kier molecular flexibility index (Phi) is 11.9. The van der Waals surface area contributed by atoms with Crippen LogP contribution in [0.2, 0.25) is 0 Å². The summed E-state index contributed by atoms with van der Waals surface area (Å²) in [4.78, 5) is 46.3. The van der Waals surface area contributed by atoms with Crippen molar-refractivity contribution in [2.75, 3.05) is 13.2 Å². The van der Waals surface area contributed by atoms with E-state index in [0.29, 0.717) is 19.6 Å². The summed E-state index contributed by atoms with van der Waals surface area (Å²) >= 11 is 0. The highest BCUT2D eigenvalue weighted by Crippen LogP contribution is 2.18. The van der Waals surface area contributed by atoms with E-state index in [4.69, 9.17) is 9.57 Å². The highest BCUT2D eigenvalue weighted by atomic mass is 16.8. The Morgan fingerprint density at radius 3 is 2.48 bits per heavy atom. The first-order valence-corrected chi connectivity index (χ1v) is 12.6. The zero-order valence-electron chi connectivity index (χ0n) is 20.8. The van der Waals surface area contributed by atoms with Crippen molar-refractivity contribution in [1.29, 1.82) is 0 Å². The molecule has 0 bridgehead atoms. The smallest absolute Gasteiger partial charge is 0.245 e. The first-order chi connectivity index (χ1) is 15.8. The van der Waals surface area contributed by atoms with Crippen molar-refractivity contribution in [3.05, 3.63) is 12.2 Å². The molecule has 2 N–H and O–H groups in total. The van der Waals surface area contributed by atoms with Gasteiger partial charge in [-0.15, -0.1) is 0 Å². The second-order valence-electron chi connectivity index (χ2n) is 9.74. The first-order valence-electron chi connectivity index (χ1n) is 12.6. The van der Waals surface area contributed by atoms with Crippen LogP contribution in [0.5, 0.6) is 0 Å². The topological polar surface area (TPSA) is 97.0 Å². The van der Waals surface area contributed by atoms with E-state index < -0.39 is 18.2 Å². The number of amides is 3. The SMILES string of the molecule is CC(C)[C@@H]1NC(=O)[C@@H](CC(=O)NOC2CCCCO2)CCC/C=C/CCCN(C(C)C)C1=O. The normalized spacial score (nSPS) is 27.2. The summed E-state index contributed by atoms with van der Waals surface area (Å²) in [6.07, 6.45) is 10.6. The molecule has 2 rings (SSSR count). The van der Waals surface area contributed by atoms with E-state index in [1.54, 1.807) is 0 Å². The van der Waals surface area contributed by atoms with Crippen molar-refractivity contribution in [1.82, 2.24) is 15.7 Å². The minimum absolute atomic E-state index is 0.00910. The summed E-state index contributed by atoms with van der Waals surface area (Å²) in [7, 11) is 0. The lowest BCUT2D eigenvalue weighted by Gasteiger charge is -2.33. The Labute approximate surface area is 198 Å². The van der Waals surface area contributed by atoms with Gasteiger partial charge in [0.1, 0.15) is 6.04 Å². The third kappa shape index (κ3) is 9.45. The molecule has 2 heterocycles. The van der Waals surface area contributed by atoms with Gasteiger partial charge in [0.15, 0.2) is 6.29 Å². The minimum atomic E-state index is -0.615. The van der Waals surface area contributed by atoms with Gasteiger partial charge in [-0.2, -0.15) is 0 Å². The molecule has 2 aliphatic rings. The molecule has 8 heteroatoms. The molecule has 2 aliphatic heterocycles. The Morgan fingerprint density at radius 1 is 1.12 bits per heavy atom. The van der Waals surface area contributed by atoms with E-state index in [1.807, 2.05) is 32.6 Å². The molecule has 3 atom stereocenters. The van der Waals surface area contributed by atoms with Crippen LogP contribution in [0.15, 0.2) is 12.2 Å². The van der Waals surface area contributed by atoms with Gasteiger partial charge in [-0.25, -0.2) is 10.3 Å². The van der Waals surface area contributed by atoms with Crippen LogP contribution in [0.3, 0.4) is 0 Å². The molecule has 1 fully saturated rings. The van der Waals surface area contributed by atoms with E-state index in [0.717, 1.165) is 44.9 Å². The van der Waals surface area contributed by atoms with Crippen LogP contribution < -0.4 is 10.8 Å². The molecule has 1 unspecified atom stereocenters. The molecule has 0 aromatic heterocycles. The fraction of sp³-hybridized carbons (Fsp3) is 0.800. The number of allylic oxidation sites excluding steroid dienone is 2. The maximum atomic E-state index is 13.3. The number of nitrogens with zero attached hydrogens (tertiary/aromatic N) is 1. The second-order valence-corrected chi connectivity index (χ2v) is 9.74. The van der Waals surface area contributed by atoms with Crippen molar-refractivity contribution in [3.8, 4) is 0 Å². The number of hydroxylamine groups is 1. The van der Waals surface area contributed by atoms with Gasteiger partial charge in [0, 0.05) is 38.0 Å². The first kappa shape index (κ1) is 27.3. The molecule has 0 aliphatic carbocycles. The summed E-state index contributed by atoms with van der Waals surface area (Å²) < 4.78 is 5.47. The van der Waals surface area contributed by atoms with E-state index in [-0.39, 0.29) is 36.1 Å². The lowest BCUT2D eigenvalue weighted by atomic mass is 9.94. The Hall–Kier alpha value is -1.93. The summed E-state index contributed by atoms with van der Waals surface area (Å²) in [5, 5.41) is 2.97. The predicted molar refractivity (Wildman–Crippen MR) is 127 cm³/mol. The number of carbonyl (C=O) groups is 3. The van der Waals surface area contributed by atoms with Crippen molar-refractivity contribution in [2.45, 2.75) is 104 Å². The molecule has 0 radical (unpaired) electrons. The van der Waals surface area contributed by atoms with Gasteiger partial charge in [-0.3, -0.25) is 14.4 Å².